The molecule has 8 heteroatoms. The maximum Gasteiger partial charge on any atom is 0.257 e. The highest BCUT2D eigenvalue weighted by atomic mass is 32.2. The van der Waals surface area contributed by atoms with E-state index in [2.05, 4.69) is 20.2 Å². The molecule has 0 aromatic carbocycles. The Bertz CT molecular complexity index is 457. The highest BCUT2D eigenvalue weighted by Gasteiger charge is 2.20. The molecule has 0 saturated carbocycles. The third kappa shape index (κ3) is 4.05. The maximum absolute atomic E-state index is 12.0. The van der Waals surface area contributed by atoms with Crippen molar-refractivity contribution < 1.29 is 13.2 Å². The molecule has 0 aliphatic heterocycles. The first-order chi connectivity index (χ1) is 8.51. The van der Waals surface area contributed by atoms with Crippen LogP contribution >= 0.6 is 0 Å². The SMILES string of the molecule is CCNCc1cn[nH]c1S(=O)(=O)NCC(C)OC. The van der Waals surface area contributed by atoms with Crippen LogP contribution in [0, 0.1) is 0 Å². The number of nitrogens with zero attached hydrogens (tertiary/aromatic N) is 1. The molecule has 1 aromatic rings. The van der Waals surface area contributed by atoms with E-state index in [1.807, 2.05) is 6.92 Å². The molecule has 0 amide bonds. The van der Waals surface area contributed by atoms with Gasteiger partial charge < -0.3 is 10.1 Å². The van der Waals surface area contributed by atoms with Gasteiger partial charge in [-0.25, -0.2) is 13.1 Å². The van der Waals surface area contributed by atoms with E-state index in [4.69, 9.17) is 4.74 Å². The summed E-state index contributed by atoms with van der Waals surface area (Å²) < 4.78 is 31.5. The van der Waals surface area contributed by atoms with Gasteiger partial charge in [0, 0.05) is 25.8 Å². The molecule has 1 unspecified atom stereocenters. The monoisotopic (exact) mass is 276 g/mol. The van der Waals surface area contributed by atoms with Crippen LogP contribution in [0.1, 0.15) is 19.4 Å². The number of aromatic amines is 1. The van der Waals surface area contributed by atoms with Gasteiger partial charge in [0.05, 0.1) is 12.3 Å². The Morgan fingerprint density at radius 2 is 2.28 bits per heavy atom. The van der Waals surface area contributed by atoms with Gasteiger partial charge in [-0.15, -0.1) is 0 Å². The summed E-state index contributed by atoms with van der Waals surface area (Å²) in [5, 5.41) is 9.45. The Balaban J connectivity index is 2.75. The van der Waals surface area contributed by atoms with Gasteiger partial charge in [0.25, 0.3) is 10.0 Å². The first kappa shape index (κ1) is 15.1. The highest BCUT2D eigenvalue weighted by Crippen LogP contribution is 2.11. The number of methoxy groups -OCH3 is 1. The largest absolute Gasteiger partial charge is 0.380 e. The van der Waals surface area contributed by atoms with Crippen molar-refractivity contribution in [2.24, 2.45) is 0 Å². The Morgan fingerprint density at radius 3 is 2.89 bits per heavy atom. The van der Waals surface area contributed by atoms with E-state index in [-0.39, 0.29) is 17.7 Å². The molecule has 1 aromatic heterocycles. The molecule has 1 atom stereocenters. The van der Waals surface area contributed by atoms with Gasteiger partial charge >= 0.3 is 0 Å². The number of hydrogen-bond acceptors (Lipinski definition) is 5. The zero-order valence-electron chi connectivity index (χ0n) is 10.9. The molecule has 7 nitrogen and oxygen atoms in total. The molecule has 1 heterocycles. The second kappa shape index (κ2) is 6.83. The number of aromatic nitrogens is 2. The van der Waals surface area contributed by atoms with Crippen LogP contribution in [0.25, 0.3) is 0 Å². The van der Waals surface area contributed by atoms with Crippen molar-refractivity contribution in [3.63, 3.8) is 0 Å². The van der Waals surface area contributed by atoms with Gasteiger partial charge in [0.1, 0.15) is 0 Å². The Morgan fingerprint density at radius 1 is 1.56 bits per heavy atom. The lowest BCUT2D eigenvalue weighted by atomic mass is 10.3. The summed E-state index contributed by atoms with van der Waals surface area (Å²) in [7, 11) is -2.04. The lowest BCUT2D eigenvalue weighted by Gasteiger charge is -2.11. The second-order valence-corrected chi connectivity index (χ2v) is 5.61. The van der Waals surface area contributed by atoms with Crippen molar-refractivity contribution in [3.05, 3.63) is 11.8 Å². The fourth-order valence-electron chi connectivity index (χ4n) is 1.30. The van der Waals surface area contributed by atoms with E-state index < -0.39 is 10.0 Å². The summed E-state index contributed by atoms with van der Waals surface area (Å²) in [6, 6.07) is 0. The predicted octanol–water partition coefficient (Wildman–Crippen LogP) is -0.168. The lowest BCUT2D eigenvalue weighted by molar-refractivity contribution is 0.122. The Labute approximate surface area is 107 Å². The van der Waals surface area contributed by atoms with Crippen LogP contribution in [0.15, 0.2) is 11.2 Å². The topological polar surface area (TPSA) is 96.1 Å². The molecule has 0 saturated heterocycles. The molecule has 1 rings (SSSR count). The number of H-pyrrole nitrogens is 1. The number of nitrogens with one attached hydrogen (secondary N) is 3. The fraction of sp³-hybridized carbons (Fsp3) is 0.700. The van der Waals surface area contributed by atoms with Crippen LogP contribution < -0.4 is 10.0 Å². The van der Waals surface area contributed by atoms with Gasteiger partial charge in [-0.1, -0.05) is 6.92 Å². The van der Waals surface area contributed by atoms with Gasteiger partial charge in [0.2, 0.25) is 0 Å². The average molecular weight is 276 g/mol. The minimum atomic E-state index is -3.57. The molecule has 0 spiro atoms. The first-order valence-corrected chi connectivity index (χ1v) is 7.25. The number of ether oxygens (including phenoxy) is 1. The van der Waals surface area contributed by atoms with E-state index in [0.717, 1.165) is 6.54 Å². The zero-order valence-corrected chi connectivity index (χ0v) is 11.7. The molecule has 3 N–H and O–H groups in total. The standard InChI is InChI=1S/C10H20N4O3S/c1-4-11-6-9-7-12-14-10(9)18(15,16)13-5-8(2)17-3/h7-8,11,13H,4-6H2,1-3H3,(H,12,14). The normalized spacial score (nSPS) is 13.7. The average Bonchev–Trinajstić information content (AvgIpc) is 2.82. The van der Waals surface area contributed by atoms with Gasteiger partial charge in [-0.2, -0.15) is 5.10 Å². The van der Waals surface area contributed by atoms with E-state index in [1.165, 1.54) is 13.3 Å². The smallest absolute Gasteiger partial charge is 0.257 e. The van der Waals surface area contributed by atoms with Crippen LogP contribution in [0.3, 0.4) is 0 Å². The van der Waals surface area contributed by atoms with Crippen LogP contribution in [-0.2, 0) is 21.3 Å². The quantitative estimate of drug-likeness (QED) is 0.613. The highest BCUT2D eigenvalue weighted by molar-refractivity contribution is 7.89. The van der Waals surface area contributed by atoms with E-state index in [1.54, 1.807) is 6.92 Å². The summed E-state index contributed by atoms with van der Waals surface area (Å²) in [5.41, 5.74) is 0.620. The van der Waals surface area contributed by atoms with Crippen molar-refractivity contribution in [3.8, 4) is 0 Å². The van der Waals surface area contributed by atoms with E-state index in [9.17, 15) is 8.42 Å². The second-order valence-electron chi connectivity index (χ2n) is 3.90. The van der Waals surface area contributed by atoms with Crippen molar-refractivity contribution in [1.82, 2.24) is 20.2 Å². The van der Waals surface area contributed by atoms with Crippen LogP contribution in [0.5, 0.6) is 0 Å². The zero-order chi connectivity index (χ0) is 13.6. The van der Waals surface area contributed by atoms with Gasteiger partial charge in [-0.3, -0.25) is 5.10 Å². The third-order valence-electron chi connectivity index (χ3n) is 2.48. The van der Waals surface area contributed by atoms with Crippen LogP contribution in [0.4, 0.5) is 0 Å². The summed E-state index contributed by atoms with van der Waals surface area (Å²) in [5.74, 6) is 0. The van der Waals surface area contributed by atoms with Crippen molar-refractivity contribution in [1.29, 1.82) is 0 Å². The summed E-state index contributed by atoms with van der Waals surface area (Å²) in [4.78, 5) is 0. The van der Waals surface area contributed by atoms with Crippen molar-refractivity contribution in [2.45, 2.75) is 31.5 Å². The van der Waals surface area contributed by atoms with E-state index >= 15 is 0 Å². The van der Waals surface area contributed by atoms with Crippen molar-refractivity contribution >= 4 is 10.0 Å². The van der Waals surface area contributed by atoms with Gasteiger partial charge in [-0.05, 0) is 13.5 Å². The van der Waals surface area contributed by atoms with E-state index in [0.29, 0.717) is 12.1 Å². The maximum atomic E-state index is 12.0. The summed E-state index contributed by atoms with van der Waals surface area (Å²) >= 11 is 0. The molecule has 0 aliphatic carbocycles. The molecule has 18 heavy (non-hydrogen) atoms. The van der Waals surface area contributed by atoms with Crippen LogP contribution in [-0.4, -0.2) is 44.9 Å². The number of sulfonamides is 1. The fourth-order valence-corrected chi connectivity index (χ4v) is 2.54. The number of hydrogen-bond donors (Lipinski definition) is 3. The Hall–Kier alpha value is -0.960. The molecular formula is C10H20N4O3S. The molecule has 0 aliphatic rings. The number of rotatable bonds is 8. The molecule has 0 fully saturated rings. The lowest BCUT2D eigenvalue weighted by Crippen LogP contribution is -2.32. The summed E-state index contributed by atoms with van der Waals surface area (Å²) in [6.45, 7) is 5.18. The van der Waals surface area contributed by atoms with Crippen molar-refractivity contribution in [2.75, 3.05) is 20.2 Å². The van der Waals surface area contributed by atoms with Gasteiger partial charge in [0.15, 0.2) is 5.03 Å². The van der Waals surface area contributed by atoms with Crippen LogP contribution in [0.2, 0.25) is 0 Å². The molecule has 104 valence electrons. The summed E-state index contributed by atoms with van der Waals surface area (Å²) in [6.07, 6.45) is 1.33. The molecular weight excluding hydrogens is 256 g/mol. The minimum absolute atomic E-state index is 0.103. The Kier molecular flexibility index (Phi) is 5.73. The first-order valence-electron chi connectivity index (χ1n) is 5.76. The molecule has 0 bridgehead atoms. The minimum Gasteiger partial charge on any atom is -0.380 e. The third-order valence-corrected chi connectivity index (χ3v) is 3.91. The predicted molar refractivity (Wildman–Crippen MR) is 67.6 cm³/mol. The molecule has 0 radical (unpaired) electrons.